The maximum Gasteiger partial charge on any atom is 0.274 e. The number of hydrogen-bond donors (Lipinski definition) is 2. The van der Waals surface area contributed by atoms with Crippen LogP contribution in [0.1, 0.15) is 5.56 Å². The summed E-state index contributed by atoms with van der Waals surface area (Å²) < 4.78 is 32.1. The van der Waals surface area contributed by atoms with Gasteiger partial charge in [0.25, 0.3) is 10.0 Å². The van der Waals surface area contributed by atoms with E-state index in [-0.39, 0.29) is 11.7 Å². The number of sulfonamides is 1. The Morgan fingerprint density at radius 1 is 1.14 bits per heavy atom. The Labute approximate surface area is 128 Å². The molecule has 6 nitrogen and oxygen atoms in total. The van der Waals surface area contributed by atoms with E-state index in [9.17, 15) is 8.42 Å². The standard InChI is InChI=1S/C15H15N3O3S/c1-21-12-8-6-11(7-9-12)10-16-22(19,20)15-17-13-4-2-3-5-14(13)18-15/h2-9,16H,10H2,1H3,(H,17,18). The van der Waals surface area contributed by atoms with E-state index in [2.05, 4.69) is 14.7 Å². The monoisotopic (exact) mass is 317 g/mol. The average Bonchev–Trinajstić information content (AvgIpc) is 2.98. The van der Waals surface area contributed by atoms with Crippen molar-refractivity contribution in [2.75, 3.05) is 7.11 Å². The second-order valence-corrected chi connectivity index (χ2v) is 6.41. The highest BCUT2D eigenvalue weighted by molar-refractivity contribution is 7.89. The molecule has 1 aromatic heterocycles. The number of benzene rings is 2. The number of para-hydroxylation sites is 2. The molecule has 0 spiro atoms. The van der Waals surface area contributed by atoms with Gasteiger partial charge in [-0.05, 0) is 29.8 Å². The van der Waals surface area contributed by atoms with Crippen molar-refractivity contribution >= 4 is 21.1 Å². The lowest BCUT2D eigenvalue weighted by Gasteiger charge is -2.05. The van der Waals surface area contributed by atoms with Gasteiger partial charge in [-0.2, -0.15) is 0 Å². The number of rotatable bonds is 5. The Bertz CT molecular complexity index is 853. The van der Waals surface area contributed by atoms with Gasteiger partial charge in [-0.25, -0.2) is 18.1 Å². The normalized spacial score (nSPS) is 11.7. The number of fused-ring (bicyclic) bond motifs is 1. The number of aromatic nitrogens is 2. The van der Waals surface area contributed by atoms with Crippen LogP contribution in [0, 0.1) is 0 Å². The summed E-state index contributed by atoms with van der Waals surface area (Å²) in [4.78, 5) is 6.91. The Kier molecular flexibility index (Phi) is 3.82. The van der Waals surface area contributed by atoms with Crippen molar-refractivity contribution in [1.82, 2.24) is 14.7 Å². The molecule has 114 valence electrons. The molecule has 2 aromatic carbocycles. The van der Waals surface area contributed by atoms with E-state index in [0.717, 1.165) is 11.3 Å². The van der Waals surface area contributed by atoms with Gasteiger partial charge in [0, 0.05) is 6.54 Å². The van der Waals surface area contributed by atoms with Crippen molar-refractivity contribution in [3.05, 3.63) is 54.1 Å². The number of nitrogens with one attached hydrogen (secondary N) is 2. The van der Waals surface area contributed by atoms with Gasteiger partial charge in [-0.1, -0.05) is 24.3 Å². The van der Waals surface area contributed by atoms with Crippen LogP contribution >= 0.6 is 0 Å². The number of methoxy groups -OCH3 is 1. The van der Waals surface area contributed by atoms with Crippen LogP contribution in [0.4, 0.5) is 0 Å². The van der Waals surface area contributed by atoms with E-state index >= 15 is 0 Å². The third-order valence-electron chi connectivity index (χ3n) is 3.25. The molecule has 3 rings (SSSR count). The second-order valence-electron chi connectivity index (χ2n) is 4.73. The molecule has 0 aliphatic rings. The van der Waals surface area contributed by atoms with E-state index in [1.54, 1.807) is 43.5 Å². The Hall–Kier alpha value is -2.38. The molecular formula is C15H15N3O3S. The summed E-state index contributed by atoms with van der Waals surface area (Å²) in [5.41, 5.74) is 2.14. The number of ether oxygens (including phenoxy) is 1. The number of hydrogen-bond acceptors (Lipinski definition) is 4. The minimum Gasteiger partial charge on any atom is -0.497 e. The molecule has 0 radical (unpaired) electrons. The lowest BCUT2D eigenvalue weighted by molar-refractivity contribution is 0.414. The summed E-state index contributed by atoms with van der Waals surface area (Å²) >= 11 is 0. The third kappa shape index (κ3) is 2.95. The number of nitrogens with zero attached hydrogens (tertiary/aromatic N) is 1. The van der Waals surface area contributed by atoms with Gasteiger partial charge in [0.2, 0.25) is 5.16 Å². The van der Waals surface area contributed by atoms with Crippen molar-refractivity contribution < 1.29 is 13.2 Å². The lowest BCUT2D eigenvalue weighted by atomic mass is 10.2. The average molecular weight is 317 g/mol. The van der Waals surface area contributed by atoms with E-state index in [1.165, 1.54) is 0 Å². The van der Waals surface area contributed by atoms with Gasteiger partial charge in [-0.3, -0.25) is 0 Å². The minimum atomic E-state index is -3.68. The molecule has 0 bridgehead atoms. The first-order chi connectivity index (χ1) is 10.6. The zero-order valence-electron chi connectivity index (χ0n) is 11.9. The van der Waals surface area contributed by atoms with E-state index < -0.39 is 10.0 Å². The minimum absolute atomic E-state index is 0.0813. The summed E-state index contributed by atoms with van der Waals surface area (Å²) in [5.74, 6) is 0.726. The fourth-order valence-corrected chi connectivity index (χ4v) is 3.00. The zero-order chi connectivity index (χ0) is 15.6. The highest BCUT2D eigenvalue weighted by Crippen LogP contribution is 2.15. The van der Waals surface area contributed by atoms with Crippen LogP contribution in [0.2, 0.25) is 0 Å². The van der Waals surface area contributed by atoms with E-state index in [4.69, 9.17) is 4.74 Å². The third-order valence-corrected chi connectivity index (χ3v) is 4.47. The van der Waals surface area contributed by atoms with Gasteiger partial charge < -0.3 is 9.72 Å². The van der Waals surface area contributed by atoms with Gasteiger partial charge in [-0.15, -0.1) is 0 Å². The number of H-pyrrole nitrogens is 1. The first kappa shape index (κ1) is 14.6. The smallest absolute Gasteiger partial charge is 0.274 e. The molecular weight excluding hydrogens is 302 g/mol. The molecule has 1 heterocycles. The SMILES string of the molecule is COc1ccc(CNS(=O)(=O)c2nc3ccccc3[nH]2)cc1. The maximum atomic E-state index is 12.3. The fourth-order valence-electron chi connectivity index (χ4n) is 2.05. The number of imidazole rings is 1. The molecule has 7 heteroatoms. The molecule has 0 aliphatic carbocycles. The molecule has 0 saturated carbocycles. The van der Waals surface area contributed by atoms with E-state index in [1.807, 2.05) is 12.1 Å². The zero-order valence-corrected chi connectivity index (χ0v) is 12.7. The number of aromatic amines is 1. The van der Waals surface area contributed by atoms with Crippen molar-refractivity contribution in [3.8, 4) is 5.75 Å². The summed E-state index contributed by atoms with van der Waals surface area (Å²) in [6.45, 7) is 0.184. The summed E-state index contributed by atoms with van der Waals surface area (Å²) in [6, 6.07) is 14.3. The molecule has 0 fully saturated rings. The molecule has 0 atom stereocenters. The predicted molar refractivity (Wildman–Crippen MR) is 83.1 cm³/mol. The van der Waals surface area contributed by atoms with Gasteiger partial charge in [0.05, 0.1) is 18.1 Å². The van der Waals surface area contributed by atoms with Crippen molar-refractivity contribution in [2.45, 2.75) is 11.7 Å². The molecule has 3 aromatic rings. The van der Waals surface area contributed by atoms with Crippen molar-refractivity contribution in [2.24, 2.45) is 0 Å². The summed E-state index contributed by atoms with van der Waals surface area (Å²) in [6.07, 6.45) is 0. The Morgan fingerprint density at radius 2 is 1.86 bits per heavy atom. The fraction of sp³-hybridized carbons (Fsp3) is 0.133. The van der Waals surface area contributed by atoms with E-state index in [0.29, 0.717) is 11.0 Å². The van der Waals surface area contributed by atoms with Crippen molar-refractivity contribution in [3.63, 3.8) is 0 Å². The molecule has 0 unspecified atom stereocenters. The van der Waals surface area contributed by atoms with Gasteiger partial charge in [0.1, 0.15) is 5.75 Å². The first-order valence-corrected chi connectivity index (χ1v) is 8.14. The topological polar surface area (TPSA) is 84.1 Å². The molecule has 0 aliphatic heterocycles. The first-order valence-electron chi connectivity index (χ1n) is 6.66. The van der Waals surface area contributed by atoms with Crippen LogP contribution in [0.15, 0.2) is 53.7 Å². The highest BCUT2D eigenvalue weighted by Gasteiger charge is 2.18. The molecule has 0 amide bonds. The summed E-state index contributed by atoms with van der Waals surface area (Å²) in [7, 11) is -2.10. The van der Waals surface area contributed by atoms with Gasteiger partial charge >= 0.3 is 0 Å². The quantitative estimate of drug-likeness (QED) is 0.754. The molecule has 0 saturated heterocycles. The highest BCUT2D eigenvalue weighted by atomic mass is 32.2. The van der Waals surface area contributed by atoms with Crippen molar-refractivity contribution in [1.29, 1.82) is 0 Å². The van der Waals surface area contributed by atoms with Crippen LogP contribution in [0.5, 0.6) is 5.75 Å². The predicted octanol–water partition coefficient (Wildman–Crippen LogP) is 2.05. The lowest BCUT2D eigenvalue weighted by Crippen LogP contribution is -2.24. The van der Waals surface area contributed by atoms with Crippen LogP contribution in [0.25, 0.3) is 11.0 Å². The molecule has 2 N–H and O–H groups in total. The van der Waals surface area contributed by atoms with Crippen LogP contribution in [-0.2, 0) is 16.6 Å². The molecule has 22 heavy (non-hydrogen) atoms. The largest absolute Gasteiger partial charge is 0.497 e. The Morgan fingerprint density at radius 3 is 2.55 bits per heavy atom. The summed E-state index contributed by atoms with van der Waals surface area (Å²) in [5, 5.41) is -0.0813. The van der Waals surface area contributed by atoms with Crippen LogP contribution < -0.4 is 9.46 Å². The van der Waals surface area contributed by atoms with Gasteiger partial charge in [0.15, 0.2) is 0 Å². The maximum absolute atomic E-state index is 12.3. The van der Waals surface area contributed by atoms with Crippen LogP contribution in [-0.4, -0.2) is 25.5 Å². The second kappa shape index (κ2) is 5.78. The Balaban J connectivity index is 1.77. The van der Waals surface area contributed by atoms with Crippen LogP contribution in [0.3, 0.4) is 0 Å².